The number of halogens is 1. The fraction of sp³-hybridized carbons (Fsp3) is 0.167. The van der Waals surface area contributed by atoms with Crippen LogP contribution in [0.4, 0.5) is 5.69 Å². The highest BCUT2D eigenvalue weighted by Gasteiger charge is 2.23. The lowest BCUT2D eigenvalue weighted by Gasteiger charge is -2.10. The Morgan fingerprint density at radius 2 is 2.10 bits per heavy atom. The van der Waals surface area contributed by atoms with Crippen LogP contribution < -0.4 is 4.72 Å². The first-order chi connectivity index (χ1) is 9.72. The molecule has 0 aliphatic heterocycles. The van der Waals surface area contributed by atoms with Crippen molar-refractivity contribution in [3.8, 4) is 0 Å². The summed E-state index contributed by atoms with van der Waals surface area (Å²) < 4.78 is 28.2. The van der Waals surface area contributed by atoms with Crippen LogP contribution in [0.15, 0.2) is 29.4 Å². The number of aromatic carboxylic acids is 1. The van der Waals surface area contributed by atoms with Crippen molar-refractivity contribution in [1.29, 1.82) is 0 Å². The molecule has 1 aromatic carbocycles. The molecule has 0 amide bonds. The van der Waals surface area contributed by atoms with Crippen LogP contribution in [-0.4, -0.2) is 29.0 Å². The molecule has 2 rings (SSSR count). The number of imidazole rings is 1. The van der Waals surface area contributed by atoms with Gasteiger partial charge >= 0.3 is 5.97 Å². The van der Waals surface area contributed by atoms with E-state index in [1.807, 2.05) is 0 Å². The van der Waals surface area contributed by atoms with Gasteiger partial charge in [0.15, 0.2) is 5.03 Å². The highest BCUT2D eigenvalue weighted by Crippen LogP contribution is 2.28. The Hall–Kier alpha value is -2.06. The molecule has 0 spiro atoms. The first kappa shape index (κ1) is 15.3. The first-order valence-electron chi connectivity index (χ1n) is 5.77. The Morgan fingerprint density at radius 3 is 2.62 bits per heavy atom. The van der Waals surface area contributed by atoms with Crippen molar-refractivity contribution in [2.45, 2.75) is 11.9 Å². The Bertz CT molecular complexity index is 794. The Kier molecular flexibility index (Phi) is 3.93. The van der Waals surface area contributed by atoms with E-state index in [2.05, 4.69) is 9.71 Å². The normalized spacial score (nSPS) is 11.4. The number of rotatable bonds is 4. The summed E-state index contributed by atoms with van der Waals surface area (Å²) in [5, 5.41) is 8.87. The smallest absolute Gasteiger partial charge is 0.337 e. The van der Waals surface area contributed by atoms with Crippen LogP contribution in [0.1, 0.15) is 16.2 Å². The van der Waals surface area contributed by atoms with Crippen LogP contribution in [0.25, 0.3) is 0 Å². The van der Waals surface area contributed by atoms with Crippen molar-refractivity contribution in [3.63, 3.8) is 0 Å². The van der Waals surface area contributed by atoms with Gasteiger partial charge in [0.2, 0.25) is 0 Å². The van der Waals surface area contributed by atoms with Gasteiger partial charge in [-0.15, -0.1) is 0 Å². The molecular formula is C12H12ClN3O4S. The van der Waals surface area contributed by atoms with Gasteiger partial charge < -0.3 is 9.67 Å². The number of benzene rings is 1. The molecule has 0 aliphatic carbocycles. The standard InChI is InChI=1S/C12H12ClN3O4S/c1-7-14-10(6-16(7)2)21(19,20)15-11-8(12(17)18)4-3-5-9(11)13/h3-6,15H,1-2H3,(H,17,18). The van der Waals surface area contributed by atoms with Crippen LogP contribution in [0.2, 0.25) is 5.02 Å². The second kappa shape index (κ2) is 5.38. The Labute approximate surface area is 126 Å². The maximum absolute atomic E-state index is 12.3. The number of nitrogens with zero attached hydrogens (tertiary/aromatic N) is 2. The number of sulfonamides is 1. The lowest BCUT2D eigenvalue weighted by molar-refractivity contribution is 0.0698. The molecule has 0 saturated heterocycles. The molecule has 0 saturated carbocycles. The van der Waals surface area contributed by atoms with Crippen molar-refractivity contribution in [3.05, 3.63) is 40.8 Å². The van der Waals surface area contributed by atoms with Gasteiger partial charge in [0.1, 0.15) is 5.82 Å². The number of hydrogen-bond acceptors (Lipinski definition) is 4. The van der Waals surface area contributed by atoms with Crippen molar-refractivity contribution >= 4 is 33.3 Å². The lowest BCUT2D eigenvalue weighted by Crippen LogP contribution is -2.16. The summed E-state index contributed by atoms with van der Waals surface area (Å²) in [4.78, 5) is 15.0. The molecule has 0 atom stereocenters. The maximum Gasteiger partial charge on any atom is 0.337 e. The number of aromatic nitrogens is 2. The predicted molar refractivity (Wildman–Crippen MR) is 77.2 cm³/mol. The van der Waals surface area contributed by atoms with E-state index in [-0.39, 0.29) is 21.3 Å². The van der Waals surface area contributed by atoms with Crippen LogP contribution in [-0.2, 0) is 17.1 Å². The van der Waals surface area contributed by atoms with E-state index in [9.17, 15) is 13.2 Å². The number of hydrogen-bond donors (Lipinski definition) is 2. The summed E-state index contributed by atoms with van der Waals surface area (Å²) in [6, 6.07) is 4.08. The second-order valence-corrected chi connectivity index (χ2v) is 6.35. The molecular weight excluding hydrogens is 318 g/mol. The fourth-order valence-corrected chi connectivity index (χ4v) is 3.07. The minimum absolute atomic E-state index is 0.00821. The quantitative estimate of drug-likeness (QED) is 0.891. The molecule has 0 bridgehead atoms. The molecule has 1 aromatic heterocycles. The fourth-order valence-electron chi connectivity index (χ4n) is 1.65. The molecule has 2 aromatic rings. The number of carboxylic acids is 1. The number of para-hydroxylation sites is 1. The molecule has 7 nitrogen and oxygen atoms in total. The summed E-state index contributed by atoms with van der Waals surface area (Å²) in [5.74, 6) is -0.777. The lowest BCUT2D eigenvalue weighted by atomic mass is 10.2. The van der Waals surface area contributed by atoms with E-state index in [4.69, 9.17) is 16.7 Å². The Morgan fingerprint density at radius 1 is 1.43 bits per heavy atom. The van der Waals surface area contributed by atoms with Gasteiger partial charge in [-0.25, -0.2) is 9.78 Å². The summed E-state index contributed by atoms with van der Waals surface area (Å²) in [7, 11) is -2.37. The number of anilines is 1. The third-order valence-electron chi connectivity index (χ3n) is 2.84. The van der Waals surface area contributed by atoms with Gasteiger partial charge in [-0.05, 0) is 19.1 Å². The molecule has 21 heavy (non-hydrogen) atoms. The van der Waals surface area contributed by atoms with E-state index in [1.165, 1.54) is 24.4 Å². The Balaban J connectivity index is 2.49. The predicted octanol–water partition coefficient (Wildman–Crippen LogP) is 1.88. The highest BCUT2D eigenvalue weighted by atomic mass is 35.5. The zero-order valence-electron chi connectivity index (χ0n) is 11.2. The van der Waals surface area contributed by atoms with E-state index in [0.29, 0.717) is 5.82 Å². The zero-order valence-corrected chi connectivity index (χ0v) is 12.7. The monoisotopic (exact) mass is 329 g/mol. The first-order valence-corrected chi connectivity index (χ1v) is 7.63. The number of nitrogens with one attached hydrogen (secondary N) is 1. The van der Waals surface area contributed by atoms with Crippen LogP contribution in [0.5, 0.6) is 0 Å². The summed E-state index contributed by atoms with van der Waals surface area (Å²) >= 11 is 5.89. The van der Waals surface area contributed by atoms with E-state index in [1.54, 1.807) is 18.5 Å². The minimum Gasteiger partial charge on any atom is -0.478 e. The van der Waals surface area contributed by atoms with E-state index in [0.717, 1.165) is 0 Å². The molecule has 2 N–H and O–H groups in total. The van der Waals surface area contributed by atoms with Crippen molar-refractivity contribution in [2.24, 2.45) is 7.05 Å². The third-order valence-corrected chi connectivity index (χ3v) is 4.38. The molecule has 1 heterocycles. The molecule has 0 aliphatic rings. The van der Waals surface area contributed by atoms with E-state index >= 15 is 0 Å². The van der Waals surface area contributed by atoms with Gasteiger partial charge in [0.25, 0.3) is 10.0 Å². The highest BCUT2D eigenvalue weighted by molar-refractivity contribution is 7.92. The number of aryl methyl sites for hydroxylation is 2. The van der Waals surface area contributed by atoms with Crippen molar-refractivity contribution in [1.82, 2.24) is 9.55 Å². The summed E-state index contributed by atoms with van der Waals surface area (Å²) in [5.41, 5.74) is -0.422. The van der Waals surface area contributed by atoms with Gasteiger partial charge in [-0.1, -0.05) is 17.7 Å². The largest absolute Gasteiger partial charge is 0.478 e. The molecule has 0 unspecified atom stereocenters. The third kappa shape index (κ3) is 3.01. The van der Waals surface area contributed by atoms with Crippen molar-refractivity contribution < 1.29 is 18.3 Å². The summed E-state index contributed by atoms with van der Waals surface area (Å²) in [6.45, 7) is 1.65. The van der Waals surface area contributed by atoms with Crippen LogP contribution >= 0.6 is 11.6 Å². The minimum atomic E-state index is -4.02. The van der Waals surface area contributed by atoms with E-state index < -0.39 is 16.0 Å². The van der Waals surface area contributed by atoms with Gasteiger partial charge in [0.05, 0.1) is 16.3 Å². The van der Waals surface area contributed by atoms with Crippen LogP contribution in [0.3, 0.4) is 0 Å². The second-order valence-electron chi connectivity index (χ2n) is 4.31. The maximum atomic E-state index is 12.3. The van der Waals surface area contributed by atoms with Gasteiger partial charge in [-0.2, -0.15) is 8.42 Å². The SMILES string of the molecule is Cc1nc(S(=O)(=O)Nc2c(Cl)cccc2C(=O)O)cn1C. The average Bonchev–Trinajstić information content (AvgIpc) is 2.72. The molecule has 9 heteroatoms. The van der Waals surface area contributed by atoms with Crippen molar-refractivity contribution in [2.75, 3.05) is 4.72 Å². The number of carbonyl (C=O) groups is 1. The molecule has 0 fully saturated rings. The van der Waals surface area contributed by atoms with Gasteiger partial charge in [-0.3, -0.25) is 4.72 Å². The zero-order chi connectivity index (χ0) is 15.8. The van der Waals surface area contributed by atoms with Gasteiger partial charge in [0, 0.05) is 13.2 Å². The molecule has 112 valence electrons. The van der Waals surface area contributed by atoms with Crippen LogP contribution in [0, 0.1) is 6.92 Å². The summed E-state index contributed by atoms with van der Waals surface area (Å²) in [6.07, 6.45) is 1.33. The molecule has 0 radical (unpaired) electrons. The average molecular weight is 330 g/mol. The number of carboxylic acid groups (broad SMARTS) is 1. The topological polar surface area (TPSA) is 101 Å².